The first-order chi connectivity index (χ1) is 15.7. The van der Waals surface area contributed by atoms with Crippen molar-refractivity contribution in [2.45, 2.75) is 33.6 Å². The summed E-state index contributed by atoms with van der Waals surface area (Å²) in [7, 11) is 1.87. The number of nitrogens with one attached hydrogen (secondary N) is 1. The van der Waals surface area contributed by atoms with Gasteiger partial charge in [-0.15, -0.1) is 0 Å². The first-order valence-electron chi connectivity index (χ1n) is 10.8. The Morgan fingerprint density at radius 1 is 1.12 bits per heavy atom. The highest BCUT2D eigenvalue weighted by Crippen LogP contribution is 2.29. The van der Waals surface area contributed by atoms with Gasteiger partial charge in [0, 0.05) is 42.8 Å². The summed E-state index contributed by atoms with van der Waals surface area (Å²) in [4.78, 5) is 13.2. The molecular formula is C29H31F2NO. The summed E-state index contributed by atoms with van der Waals surface area (Å²) in [5.41, 5.74) is 5.66. The number of hydrogen-bond donors (Lipinski definition) is 1. The van der Waals surface area contributed by atoms with Crippen LogP contribution in [0.15, 0.2) is 90.7 Å². The van der Waals surface area contributed by atoms with Gasteiger partial charge < -0.3 is 5.32 Å². The van der Waals surface area contributed by atoms with Crippen LogP contribution in [0.5, 0.6) is 0 Å². The monoisotopic (exact) mass is 447 g/mol. The van der Waals surface area contributed by atoms with Crippen LogP contribution in [0.2, 0.25) is 0 Å². The fourth-order valence-corrected chi connectivity index (χ4v) is 3.63. The molecule has 0 saturated carbocycles. The second kappa shape index (κ2) is 11.9. The molecule has 0 saturated heterocycles. The Hall–Kier alpha value is -3.53. The first kappa shape index (κ1) is 25.7. The summed E-state index contributed by atoms with van der Waals surface area (Å²) in [6, 6.07) is 8.83. The predicted molar refractivity (Wildman–Crippen MR) is 135 cm³/mol. The zero-order valence-electron chi connectivity index (χ0n) is 19.8. The van der Waals surface area contributed by atoms with Crippen molar-refractivity contribution in [1.29, 1.82) is 0 Å². The molecule has 0 aliphatic carbocycles. The Balaban J connectivity index is 2.40. The minimum absolute atomic E-state index is 0.0914. The molecular weight excluding hydrogens is 416 g/mol. The molecule has 0 aliphatic heterocycles. The molecule has 0 bridgehead atoms. The van der Waals surface area contributed by atoms with Gasteiger partial charge in [-0.25, -0.2) is 8.78 Å². The third-order valence-corrected chi connectivity index (χ3v) is 5.46. The van der Waals surface area contributed by atoms with E-state index in [1.807, 2.05) is 52.1 Å². The van der Waals surface area contributed by atoms with E-state index in [1.165, 1.54) is 12.1 Å². The lowest BCUT2D eigenvalue weighted by Crippen LogP contribution is -2.08. The number of halogens is 2. The second-order valence-electron chi connectivity index (χ2n) is 7.85. The van der Waals surface area contributed by atoms with Crippen LogP contribution in [-0.4, -0.2) is 12.8 Å². The molecule has 0 radical (unpaired) electrons. The van der Waals surface area contributed by atoms with Gasteiger partial charge in [0.1, 0.15) is 11.6 Å². The van der Waals surface area contributed by atoms with E-state index < -0.39 is 11.6 Å². The Labute approximate surface area is 195 Å². The first-order valence-corrected chi connectivity index (χ1v) is 10.8. The van der Waals surface area contributed by atoms with Crippen molar-refractivity contribution in [3.63, 3.8) is 0 Å². The summed E-state index contributed by atoms with van der Waals surface area (Å²) < 4.78 is 27.7. The van der Waals surface area contributed by atoms with Crippen molar-refractivity contribution < 1.29 is 13.6 Å². The van der Waals surface area contributed by atoms with Crippen molar-refractivity contribution in [1.82, 2.24) is 5.32 Å². The number of rotatable bonds is 10. The molecule has 0 fully saturated rings. The number of Topliss-reactive ketones (excluding diaryl/α,β-unsaturated/α-hetero) is 1. The van der Waals surface area contributed by atoms with Gasteiger partial charge in [0.05, 0.1) is 0 Å². The molecule has 2 aromatic rings. The van der Waals surface area contributed by atoms with Crippen LogP contribution in [-0.2, 0) is 11.2 Å². The van der Waals surface area contributed by atoms with Crippen molar-refractivity contribution in [2.75, 3.05) is 7.05 Å². The van der Waals surface area contributed by atoms with Gasteiger partial charge in [-0.1, -0.05) is 55.2 Å². The minimum atomic E-state index is -0.648. The van der Waals surface area contributed by atoms with E-state index in [0.29, 0.717) is 11.1 Å². The largest absolute Gasteiger partial charge is 0.391 e. The lowest BCUT2D eigenvalue weighted by atomic mass is 9.91. The molecule has 172 valence electrons. The number of hydrogen-bond acceptors (Lipinski definition) is 2. The highest BCUT2D eigenvalue weighted by molar-refractivity contribution is 6.01. The molecule has 2 rings (SSSR count). The molecule has 0 unspecified atom stereocenters. The number of benzene rings is 2. The van der Waals surface area contributed by atoms with Crippen LogP contribution >= 0.6 is 0 Å². The molecule has 33 heavy (non-hydrogen) atoms. The van der Waals surface area contributed by atoms with Gasteiger partial charge in [-0.3, -0.25) is 4.79 Å². The third-order valence-electron chi connectivity index (χ3n) is 5.46. The Morgan fingerprint density at radius 3 is 2.42 bits per heavy atom. The normalized spacial score (nSPS) is 12.5. The SMILES string of the molecule is C=C/C(C(=O)Cc1cc(-c2ccc(F)cc2F)ccc1C(=C)C)=C(C)\C=C/C/C(=C/C)NC. The summed E-state index contributed by atoms with van der Waals surface area (Å²) in [5, 5.41) is 3.12. The van der Waals surface area contributed by atoms with Crippen LogP contribution in [0.4, 0.5) is 8.78 Å². The quantitative estimate of drug-likeness (QED) is 0.305. The van der Waals surface area contributed by atoms with Crippen molar-refractivity contribution in [2.24, 2.45) is 0 Å². The number of allylic oxidation sites excluding steroid dienone is 7. The van der Waals surface area contributed by atoms with Crippen LogP contribution in [0, 0.1) is 11.6 Å². The van der Waals surface area contributed by atoms with E-state index in [1.54, 1.807) is 18.2 Å². The zero-order valence-corrected chi connectivity index (χ0v) is 19.8. The molecule has 2 nitrogen and oxygen atoms in total. The van der Waals surface area contributed by atoms with E-state index in [9.17, 15) is 13.6 Å². The maximum Gasteiger partial charge on any atom is 0.167 e. The smallest absolute Gasteiger partial charge is 0.167 e. The lowest BCUT2D eigenvalue weighted by molar-refractivity contribution is -0.114. The van der Waals surface area contributed by atoms with Gasteiger partial charge in [0.15, 0.2) is 5.78 Å². The molecule has 0 aromatic heterocycles. The fraction of sp³-hybridized carbons (Fsp3) is 0.207. The standard InChI is InChI=1S/C29H31F2NO/c1-7-24(32-6)11-9-10-20(5)25(8-2)29(33)17-22-16-21(12-14-26(22)19(3)4)27-15-13-23(30)18-28(27)31/h7-10,12-16,18,32H,2-3,11,17H2,1,4-6H3/b10-9-,24-7-,25-20+. The molecule has 1 N–H and O–H groups in total. The molecule has 2 aromatic carbocycles. The van der Waals surface area contributed by atoms with Gasteiger partial charge >= 0.3 is 0 Å². The molecule has 0 amide bonds. The molecule has 0 atom stereocenters. The van der Waals surface area contributed by atoms with E-state index in [-0.39, 0.29) is 17.8 Å². The third kappa shape index (κ3) is 6.72. The van der Waals surface area contributed by atoms with Crippen LogP contribution in [0.25, 0.3) is 16.7 Å². The van der Waals surface area contributed by atoms with Crippen LogP contribution in [0.3, 0.4) is 0 Å². The second-order valence-corrected chi connectivity index (χ2v) is 7.85. The summed E-state index contributed by atoms with van der Waals surface area (Å²) in [6.07, 6.45) is 8.32. The van der Waals surface area contributed by atoms with Gasteiger partial charge in [0.25, 0.3) is 0 Å². The summed E-state index contributed by atoms with van der Waals surface area (Å²) in [5.74, 6) is -1.37. The number of carbonyl (C=O) groups is 1. The Kier molecular flexibility index (Phi) is 9.29. The van der Waals surface area contributed by atoms with Gasteiger partial charge in [-0.05, 0) is 61.2 Å². The topological polar surface area (TPSA) is 29.1 Å². The van der Waals surface area contributed by atoms with Gasteiger partial charge in [0.2, 0.25) is 0 Å². The average Bonchev–Trinajstić information content (AvgIpc) is 2.77. The van der Waals surface area contributed by atoms with Gasteiger partial charge in [-0.2, -0.15) is 0 Å². The minimum Gasteiger partial charge on any atom is -0.391 e. The number of carbonyl (C=O) groups excluding carboxylic acids is 1. The van der Waals surface area contributed by atoms with Crippen LogP contribution in [0.1, 0.15) is 38.3 Å². The predicted octanol–water partition coefficient (Wildman–Crippen LogP) is 7.35. The van der Waals surface area contributed by atoms with Crippen molar-refractivity contribution in [3.05, 3.63) is 113 Å². The van der Waals surface area contributed by atoms with E-state index >= 15 is 0 Å². The van der Waals surface area contributed by atoms with E-state index in [4.69, 9.17) is 0 Å². The number of ketones is 1. The lowest BCUT2D eigenvalue weighted by Gasteiger charge is -2.13. The maximum absolute atomic E-state index is 14.3. The Morgan fingerprint density at radius 2 is 1.85 bits per heavy atom. The highest BCUT2D eigenvalue weighted by atomic mass is 19.1. The molecule has 0 heterocycles. The molecule has 0 aliphatic rings. The van der Waals surface area contributed by atoms with Crippen molar-refractivity contribution in [3.8, 4) is 11.1 Å². The average molecular weight is 448 g/mol. The fourth-order valence-electron chi connectivity index (χ4n) is 3.63. The van der Waals surface area contributed by atoms with Crippen molar-refractivity contribution >= 4 is 11.4 Å². The maximum atomic E-state index is 14.3. The highest BCUT2D eigenvalue weighted by Gasteiger charge is 2.15. The van der Waals surface area contributed by atoms with E-state index in [2.05, 4.69) is 18.5 Å². The van der Waals surface area contributed by atoms with Crippen LogP contribution < -0.4 is 5.32 Å². The van der Waals surface area contributed by atoms with E-state index in [0.717, 1.165) is 40.5 Å². The zero-order chi connectivity index (χ0) is 24.5. The summed E-state index contributed by atoms with van der Waals surface area (Å²) >= 11 is 0. The molecule has 0 spiro atoms. The molecule has 4 heteroatoms. The Bertz CT molecular complexity index is 1150. The summed E-state index contributed by atoms with van der Waals surface area (Å²) in [6.45, 7) is 13.5.